The summed E-state index contributed by atoms with van der Waals surface area (Å²) in [5.41, 5.74) is 0.945. The van der Waals surface area contributed by atoms with Crippen LogP contribution in [0, 0.1) is 0 Å². The summed E-state index contributed by atoms with van der Waals surface area (Å²) >= 11 is 0. The Balaban J connectivity index is 1.80. The van der Waals surface area contributed by atoms with Gasteiger partial charge in [0.05, 0.1) is 18.1 Å². The van der Waals surface area contributed by atoms with Crippen LogP contribution in [-0.4, -0.2) is 59.0 Å². The van der Waals surface area contributed by atoms with Crippen molar-refractivity contribution in [2.24, 2.45) is 0 Å². The zero-order valence-corrected chi connectivity index (χ0v) is 11.9. The van der Waals surface area contributed by atoms with Gasteiger partial charge in [-0.1, -0.05) is 0 Å². The van der Waals surface area contributed by atoms with Crippen molar-refractivity contribution >= 4 is 15.5 Å². The first-order valence-electron chi connectivity index (χ1n) is 6.40. The van der Waals surface area contributed by atoms with Gasteiger partial charge in [0.25, 0.3) is 0 Å². The third-order valence-corrected chi connectivity index (χ3v) is 4.27. The van der Waals surface area contributed by atoms with E-state index < -0.39 is 9.84 Å². The van der Waals surface area contributed by atoms with E-state index in [-0.39, 0.29) is 0 Å². The molecule has 1 saturated heterocycles. The second-order valence-electron chi connectivity index (χ2n) is 4.68. The molecule has 1 aliphatic rings. The highest BCUT2D eigenvalue weighted by molar-refractivity contribution is 7.90. The molecule has 0 spiro atoms. The van der Waals surface area contributed by atoms with Gasteiger partial charge in [0, 0.05) is 38.1 Å². The number of morpholine rings is 1. The maximum absolute atomic E-state index is 11.3. The average molecular weight is 284 g/mol. The summed E-state index contributed by atoms with van der Waals surface area (Å²) in [4.78, 5) is 2.70. The molecule has 0 aliphatic carbocycles. The topological polar surface area (TPSA) is 58.6 Å². The van der Waals surface area contributed by atoms with Gasteiger partial charge in [-0.25, -0.2) is 8.42 Å². The summed E-state index contributed by atoms with van der Waals surface area (Å²) in [6.45, 7) is 5.39. The molecule has 1 fully saturated rings. The van der Waals surface area contributed by atoms with E-state index in [9.17, 15) is 8.42 Å². The number of nitrogens with one attached hydrogen (secondary N) is 1. The highest BCUT2D eigenvalue weighted by Gasteiger charge is 2.09. The third-order valence-electron chi connectivity index (χ3n) is 3.14. The Morgan fingerprint density at radius 1 is 1.21 bits per heavy atom. The lowest BCUT2D eigenvalue weighted by atomic mass is 10.3. The molecule has 0 bridgehead atoms. The van der Waals surface area contributed by atoms with Crippen molar-refractivity contribution in [3.05, 3.63) is 24.3 Å². The molecule has 1 aromatic carbocycles. The Labute approximate surface area is 114 Å². The van der Waals surface area contributed by atoms with E-state index in [2.05, 4.69) is 10.2 Å². The van der Waals surface area contributed by atoms with E-state index in [0.717, 1.165) is 45.1 Å². The van der Waals surface area contributed by atoms with Gasteiger partial charge >= 0.3 is 0 Å². The van der Waals surface area contributed by atoms with Gasteiger partial charge in [0.15, 0.2) is 9.84 Å². The largest absolute Gasteiger partial charge is 0.384 e. The molecule has 1 aromatic rings. The predicted octanol–water partition coefficient (Wildman–Crippen LogP) is 0.834. The lowest BCUT2D eigenvalue weighted by Crippen LogP contribution is -2.38. The zero-order chi connectivity index (χ0) is 13.7. The predicted molar refractivity (Wildman–Crippen MR) is 75.3 cm³/mol. The minimum Gasteiger partial charge on any atom is -0.384 e. The highest BCUT2D eigenvalue weighted by Crippen LogP contribution is 2.13. The summed E-state index contributed by atoms with van der Waals surface area (Å²) in [5, 5.41) is 3.29. The van der Waals surface area contributed by atoms with Gasteiger partial charge in [0.2, 0.25) is 0 Å². The number of anilines is 1. The third kappa shape index (κ3) is 4.49. The van der Waals surface area contributed by atoms with Crippen LogP contribution in [0.4, 0.5) is 5.69 Å². The number of sulfone groups is 1. The molecule has 0 radical (unpaired) electrons. The summed E-state index contributed by atoms with van der Waals surface area (Å²) < 4.78 is 27.9. The summed E-state index contributed by atoms with van der Waals surface area (Å²) in [6, 6.07) is 6.87. The molecule has 0 saturated carbocycles. The number of benzene rings is 1. The molecule has 2 rings (SSSR count). The Morgan fingerprint density at radius 3 is 2.42 bits per heavy atom. The molecule has 0 atom stereocenters. The van der Waals surface area contributed by atoms with E-state index in [1.165, 1.54) is 6.26 Å². The lowest BCUT2D eigenvalue weighted by Gasteiger charge is -2.26. The van der Waals surface area contributed by atoms with Crippen LogP contribution in [0.3, 0.4) is 0 Å². The van der Waals surface area contributed by atoms with E-state index in [0.29, 0.717) is 4.90 Å². The van der Waals surface area contributed by atoms with Gasteiger partial charge in [0.1, 0.15) is 0 Å². The molecule has 19 heavy (non-hydrogen) atoms. The van der Waals surface area contributed by atoms with Crippen LogP contribution in [0.25, 0.3) is 0 Å². The molecule has 0 unspecified atom stereocenters. The number of hydrogen-bond donors (Lipinski definition) is 1. The maximum atomic E-state index is 11.3. The van der Waals surface area contributed by atoms with Crippen LogP contribution in [0.2, 0.25) is 0 Å². The molecule has 106 valence electrons. The van der Waals surface area contributed by atoms with E-state index >= 15 is 0 Å². The Hall–Kier alpha value is -1.11. The quantitative estimate of drug-likeness (QED) is 0.868. The van der Waals surface area contributed by atoms with Crippen LogP contribution in [0.5, 0.6) is 0 Å². The van der Waals surface area contributed by atoms with Gasteiger partial charge < -0.3 is 10.1 Å². The van der Waals surface area contributed by atoms with E-state index in [1.807, 2.05) is 0 Å². The fourth-order valence-corrected chi connectivity index (χ4v) is 2.63. The SMILES string of the molecule is CS(=O)(=O)c1ccc(NCCN2CCOCC2)cc1. The van der Waals surface area contributed by atoms with Crippen LogP contribution < -0.4 is 5.32 Å². The van der Waals surface area contributed by atoms with Crippen molar-refractivity contribution < 1.29 is 13.2 Å². The van der Waals surface area contributed by atoms with Crippen molar-refractivity contribution in [2.45, 2.75) is 4.90 Å². The highest BCUT2D eigenvalue weighted by atomic mass is 32.2. The minimum absolute atomic E-state index is 0.353. The first-order valence-corrected chi connectivity index (χ1v) is 8.29. The van der Waals surface area contributed by atoms with Crippen LogP contribution in [0.15, 0.2) is 29.2 Å². The number of hydrogen-bond acceptors (Lipinski definition) is 5. The first kappa shape index (κ1) is 14.3. The van der Waals surface area contributed by atoms with Gasteiger partial charge in [-0.2, -0.15) is 0 Å². The molecular formula is C13H20N2O3S. The summed E-state index contributed by atoms with van der Waals surface area (Å²) in [7, 11) is -3.11. The maximum Gasteiger partial charge on any atom is 0.175 e. The van der Waals surface area contributed by atoms with Gasteiger partial charge in [-0.05, 0) is 24.3 Å². The molecule has 1 heterocycles. The van der Waals surface area contributed by atoms with Crippen molar-refractivity contribution in [1.82, 2.24) is 4.90 Å². The summed E-state index contributed by atoms with van der Waals surface area (Å²) in [5.74, 6) is 0. The van der Waals surface area contributed by atoms with Crippen molar-refractivity contribution in [3.8, 4) is 0 Å². The van der Waals surface area contributed by atoms with E-state index in [1.54, 1.807) is 24.3 Å². The van der Waals surface area contributed by atoms with Crippen LogP contribution in [0.1, 0.15) is 0 Å². The molecule has 6 heteroatoms. The standard InChI is InChI=1S/C13H20N2O3S/c1-19(16,17)13-4-2-12(3-5-13)14-6-7-15-8-10-18-11-9-15/h2-5,14H,6-11H2,1H3. The van der Waals surface area contributed by atoms with Crippen molar-refractivity contribution in [3.63, 3.8) is 0 Å². The second-order valence-corrected chi connectivity index (χ2v) is 6.69. The van der Waals surface area contributed by atoms with Crippen molar-refractivity contribution in [1.29, 1.82) is 0 Å². The molecule has 0 amide bonds. The minimum atomic E-state index is -3.11. The smallest absolute Gasteiger partial charge is 0.175 e. The van der Waals surface area contributed by atoms with Crippen molar-refractivity contribution in [2.75, 3.05) is 51.0 Å². The van der Waals surface area contributed by atoms with E-state index in [4.69, 9.17) is 4.74 Å². The van der Waals surface area contributed by atoms with Crippen LogP contribution in [-0.2, 0) is 14.6 Å². The summed E-state index contributed by atoms with van der Waals surface area (Å²) in [6.07, 6.45) is 1.22. The van der Waals surface area contributed by atoms with Gasteiger partial charge in [-0.15, -0.1) is 0 Å². The lowest BCUT2D eigenvalue weighted by molar-refractivity contribution is 0.0398. The van der Waals surface area contributed by atoms with Gasteiger partial charge in [-0.3, -0.25) is 4.90 Å². The van der Waals surface area contributed by atoms with Crippen LogP contribution >= 0.6 is 0 Å². The number of rotatable bonds is 5. The monoisotopic (exact) mass is 284 g/mol. The fourth-order valence-electron chi connectivity index (χ4n) is 2.00. The Kier molecular flexibility index (Phi) is 4.79. The average Bonchev–Trinajstić information content (AvgIpc) is 2.39. The number of nitrogens with zero attached hydrogens (tertiary/aromatic N) is 1. The molecule has 5 nitrogen and oxygen atoms in total. The molecular weight excluding hydrogens is 264 g/mol. The molecule has 0 aromatic heterocycles. The second kappa shape index (κ2) is 6.36. The Bertz CT molecular complexity index is 493. The zero-order valence-electron chi connectivity index (χ0n) is 11.1. The Morgan fingerprint density at radius 2 is 1.84 bits per heavy atom. The molecule has 1 N–H and O–H groups in total. The fraction of sp³-hybridized carbons (Fsp3) is 0.538. The molecule has 1 aliphatic heterocycles. The number of ether oxygens (including phenoxy) is 1. The normalized spacial score (nSPS) is 17.3. The first-order chi connectivity index (χ1) is 9.05.